The first-order valence-corrected chi connectivity index (χ1v) is 10.5. The maximum atomic E-state index is 12.8. The van der Waals surface area contributed by atoms with Crippen molar-refractivity contribution in [2.75, 3.05) is 13.1 Å². The fourth-order valence-electron chi connectivity index (χ4n) is 3.17. The smallest absolute Gasteiger partial charge is 0.318 e. The van der Waals surface area contributed by atoms with Crippen LogP contribution in [0.3, 0.4) is 0 Å². The van der Waals surface area contributed by atoms with E-state index in [1.54, 1.807) is 21.7 Å². The monoisotopic (exact) mass is 411 g/mol. The quantitative estimate of drug-likeness (QED) is 0.796. The summed E-state index contributed by atoms with van der Waals surface area (Å²) < 4.78 is 24.6. The van der Waals surface area contributed by atoms with Gasteiger partial charge >= 0.3 is 6.03 Å². The van der Waals surface area contributed by atoms with Crippen molar-refractivity contribution in [3.8, 4) is 0 Å². The number of aromatic nitrogens is 2. The highest BCUT2D eigenvalue weighted by Gasteiger charge is 2.30. The first-order chi connectivity index (χ1) is 12.7. The van der Waals surface area contributed by atoms with Gasteiger partial charge in [0.25, 0.3) is 0 Å². The second kappa shape index (κ2) is 7.87. The Morgan fingerprint density at radius 1 is 1.26 bits per heavy atom. The van der Waals surface area contributed by atoms with Gasteiger partial charge < -0.3 is 10.2 Å². The summed E-state index contributed by atoms with van der Waals surface area (Å²) in [6.45, 7) is 0.672. The number of aryl methyl sites for hydroxylation is 1. The van der Waals surface area contributed by atoms with E-state index in [4.69, 9.17) is 16.7 Å². The largest absolute Gasteiger partial charge is 0.325 e. The Hall–Kier alpha value is -2.10. The van der Waals surface area contributed by atoms with Gasteiger partial charge in [-0.25, -0.2) is 18.4 Å². The molecule has 10 heteroatoms. The Morgan fingerprint density at radius 2 is 1.89 bits per heavy atom. The van der Waals surface area contributed by atoms with E-state index in [-0.39, 0.29) is 6.03 Å². The van der Waals surface area contributed by atoms with Crippen LogP contribution in [0.2, 0.25) is 5.02 Å². The van der Waals surface area contributed by atoms with Gasteiger partial charge in [-0.3, -0.25) is 4.68 Å². The summed E-state index contributed by atoms with van der Waals surface area (Å²) in [5.41, 5.74) is 1.55. The van der Waals surface area contributed by atoms with E-state index in [0.717, 1.165) is 5.56 Å². The normalized spacial score (nSPS) is 16.9. The van der Waals surface area contributed by atoms with Crippen LogP contribution in [0.15, 0.2) is 36.5 Å². The van der Waals surface area contributed by atoms with E-state index < -0.39 is 21.3 Å². The maximum absolute atomic E-state index is 12.8. The van der Waals surface area contributed by atoms with E-state index in [1.807, 2.05) is 31.4 Å². The van der Waals surface area contributed by atoms with Crippen LogP contribution in [0.1, 0.15) is 30.1 Å². The van der Waals surface area contributed by atoms with Crippen molar-refractivity contribution in [3.63, 3.8) is 0 Å². The molecular formula is C17H22ClN5O3S. The highest BCUT2D eigenvalue weighted by atomic mass is 35.5. The number of nitrogens with two attached hydrogens (primary N) is 1. The number of nitrogens with zero attached hydrogens (tertiary/aromatic N) is 3. The highest BCUT2D eigenvalue weighted by Crippen LogP contribution is 2.23. The molecule has 8 nitrogen and oxygen atoms in total. The van der Waals surface area contributed by atoms with Crippen LogP contribution in [0.4, 0.5) is 4.79 Å². The molecule has 1 saturated heterocycles. The number of likely N-dealkylation sites (tertiary alicyclic amines) is 1. The first kappa shape index (κ1) is 19.7. The Balaban J connectivity index is 1.74. The fourth-order valence-corrected chi connectivity index (χ4v) is 4.17. The highest BCUT2D eigenvalue weighted by molar-refractivity contribution is 7.89. The second-order valence-electron chi connectivity index (χ2n) is 6.62. The molecule has 2 amide bonds. The number of carbonyl (C=O) groups is 1. The van der Waals surface area contributed by atoms with Gasteiger partial charge in [-0.2, -0.15) is 5.10 Å². The number of benzene rings is 1. The zero-order valence-corrected chi connectivity index (χ0v) is 16.4. The molecule has 0 spiro atoms. The number of hydrogen-bond donors (Lipinski definition) is 2. The van der Waals surface area contributed by atoms with Gasteiger partial charge in [0.05, 0.1) is 10.9 Å². The van der Waals surface area contributed by atoms with Crippen LogP contribution in [-0.4, -0.2) is 47.5 Å². The lowest BCUT2D eigenvalue weighted by atomic mass is 10.0. The minimum Gasteiger partial charge on any atom is -0.325 e. The Labute approximate surface area is 163 Å². The van der Waals surface area contributed by atoms with E-state index >= 15 is 0 Å². The molecule has 1 atom stereocenters. The molecule has 146 valence electrons. The molecule has 3 rings (SSSR count). The Bertz CT molecular complexity index is 905. The molecule has 0 radical (unpaired) electrons. The third kappa shape index (κ3) is 4.79. The van der Waals surface area contributed by atoms with Crippen LogP contribution in [0.5, 0.6) is 0 Å². The van der Waals surface area contributed by atoms with Gasteiger partial charge in [-0.1, -0.05) is 23.7 Å². The number of nitrogens with one attached hydrogen (secondary N) is 1. The van der Waals surface area contributed by atoms with Crippen molar-refractivity contribution in [1.29, 1.82) is 0 Å². The molecule has 3 N–H and O–H groups in total. The third-order valence-corrected chi connectivity index (χ3v) is 6.35. The molecule has 1 fully saturated rings. The lowest BCUT2D eigenvalue weighted by Gasteiger charge is -2.32. The number of amides is 2. The summed E-state index contributed by atoms with van der Waals surface area (Å²) in [5, 5.41) is 12.6. The molecule has 2 heterocycles. The van der Waals surface area contributed by atoms with Crippen LogP contribution < -0.4 is 10.5 Å². The van der Waals surface area contributed by atoms with Crippen molar-refractivity contribution < 1.29 is 13.2 Å². The lowest BCUT2D eigenvalue weighted by Crippen LogP contribution is -2.48. The van der Waals surface area contributed by atoms with E-state index in [9.17, 15) is 13.2 Å². The average Bonchev–Trinajstić information content (AvgIpc) is 3.06. The number of halogens is 1. The van der Waals surface area contributed by atoms with Gasteiger partial charge in [0, 0.05) is 31.4 Å². The van der Waals surface area contributed by atoms with Gasteiger partial charge in [0.15, 0.2) is 0 Å². The predicted molar refractivity (Wildman–Crippen MR) is 103 cm³/mol. The molecule has 0 bridgehead atoms. The number of urea groups is 1. The predicted octanol–water partition coefficient (Wildman–Crippen LogP) is 1.63. The molecule has 1 aliphatic rings. The molecule has 1 aromatic carbocycles. The fraction of sp³-hybridized carbons (Fsp3) is 0.412. The second-order valence-corrected chi connectivity index (χ2v) is 8.90. The maximum Gasteiger partial charge on any atom is 0.318 e. The molecular weight excluding hydrogens is 390 g/mol. The van der Waals surface area contributed by atoms with Crippen LogP contribution in [0.25, 0.3) is 0 Å². The zero-order chi connectivity index (χ0) is 19.6. The lowest BCUT2D eigenvalue weighted by molar-refractivity contribution is 0.184. The number of hydrogen-bond acceptors (Lipinski definition) is 4. The zero-order valence-electron chi connectivity index (χ0n) is 14.9. The molecule has 1 aliphatic heterocycles. The Morgan fingerprint density at radius 3 is 2.41 bits per heavy atom. The number of piperidine rings is 1. The third-order valence-electron chi connectivity index (χ3n) is 4.69. The SMILES string of the molecule is Cn1ccc(C(NC(=O)N2CCC(S(N)(=O)=O)CC2)c2ccc(Cl)cc2)n1. The first-order valence-electron chi connectivity index (χ1n) is 8.56. The number of rotatable bonds is 4. The van der Waals surface area contributed by atoms with Crippen LogP contribution in [-0.2, 0) is 17.1 Å². The van der Waals surface area contributed by atoms with Gasteiger partial charge in [-0.05, 0) is 36.6 Å². The van der Waals surface area contributed by atoms with Gasteiger partial charge in [0.2, 0.25) is 10.0 Å². The van der Waals surface area contributed by atoms with Gasteiger partial charge in [-0.15, -0.1) is 0 Å². The molecule has 2 aromatic rings. The number of primary sulfonamides is 1. The molecule has 1 unspecified atom stereocenters. The summed E-state index contributed by atoms with van der Waals surface area (Å²) in [4.78, 5) is 14.4. The minimum absolute atomic E-state index is 0.270. The standard InChI is InChI=1S/C17H22ClN5O3S/c1-22-9-8-15(21-22)16(12-2-4-13(18)5-3-12)20-17(24)23-10-6-14(7-11-23)27(19,25)26/h2-5,8-9,14,16H,6-7,10-11H2,1H3,(H,20,24)(H2,19,25,26). The van der Waals surface area contributed by atoms with E-state index in [0.29, 0.717) is 36.6 Å². The van der Waals surface area contributed by atoms with Crippen molar-refractivity contribution in [1.82, 2.24) is 20.0 Å². The van der Waals surface area contributed by atoms with Crippen LogP contribution >= 0.6 is 11.6 Å². The Kier molecular flexibility index (Phi) is 5.73. The van der Waals surface area contributed by atoms with Crippen molar-refractivity contribution >= 4 is 27.7 Å². The van der Waals surface area contributed by atoms with Gasteiger partial charge in [0.1, 0.15) is 6.04 Å². The van der Waals surface area contributed by atoms with E-state index in [1.165, 1.54) is 0 Å². The van der Waals surface area contributed by atoms with Crippen molar-refractivity contribution in [3.05, 3.63) is 52.8 Å². The molecule has 0 aliphatic carbocycles. The summed E-state index contributed by atoms with van der Waals surface area (Å²) in [6.07, 6.45) is 2.48. The summed E-state index contributed by atoms with van der Waals surface area (Å²) in [5.74, 6) is 0. The van der Waals surface area contributed by atoms with Crippen molar-refractivity contribution in [2.45, 2.75) is 24.1 Å². The summed E-state index contributed by atoms with van der Waals surface area (Å²) in [7, 11) is -1.76. The molecule has 27 heavy (non-hydrogen) atoms. The topological polar surface area (TPSA) is 110 Å². The number of sulfonamides is 1. The summed E-state index contributed by atoms with van der Waals surface area (Å²) >= 11 is 5.97. The van der Waals surface area contributed by atoms with E-state index in [2.05, 4.69) is 10.4 Å². The van der Waals surface area contributed by atoms with Crippen molar-refractivity contribution in [2.24, 2.45) is 12.2 Å². The molecule has 1 aromatic heterocycles. The molecule has 0 saturated carbocycles. The minimum atomic E-state index is -3.57. The number of carbonyl (C=O) groups excluding carboxylic acids is 1. The van der Waals surface area contributed by atoms with Crippen LogP contribution in [0, 0.1) is 0 Å². The summed E-state index contributed by atoms with van der Waals surface area (Å²) in [6, 6.07) is 8.34. The average molecular weight is 412 g/mol.